The summed E-state index contributed by atoms with van der Waals surface area (Å²) in [6.07, 6.45) is 6.22. The van der Waals surface area contributed by atoms with Crippen molar-refractivity contribution in [2.45, 2.75) is 63.5 Å². The smallest absolute Gasteiger partial charge is 0.315 e. The molecule has 4 bridgehead atoms. The summed E-state index contributed by atoms with van der Waals surface area (Å²) < 4.78 is 10.4. The van der Waals surface area contributed by atoms with Crippen LogP contribution in [-0.2, 0) is 14.3 Å². The SMILES string of the molecule is COc1ccccc1NC(=O)C(C)OC(=O)CCNC(=O)NC12CC3CC(CC(C3)C1)C2. The van der Waals surface area contributed by atoms with Gasteiger partial charge in [0.1, 0.15) is 5.75 Å². The van der Waals surface area contributed by atoms with E-state index in [0.717, 1.165) is 37.0 Å². The van der Waals surface area contributed by atoms with Gasteiger partial charge in [0.15, 0.2) is 6.10 Å². The molecule has 4 aliphatic rings. The minimum absolute atomic E-state index is 0.000569. The highest BCUT2D eigenvalue weighted by Crippen LogP contribution is 2.55. The van der Waals surface area contributed by atoms with Gasteiger partial charge in [-0.2, -0.15) is 0 Å². The summed E-state index contributed by atoms with van der Waals surface area (Å²) in [6, 6.07) is 6.78. The fourth-order valence-electron chi connectivity index (χ4n) is 6.12. The van der Waals surface area contributed by atoms with Crippen LogP contribution in [0.25, 0.3) is 0 Å². The third-order valence-electron chi connectivity index (χ3n) is 7.07. The van der Waals surface area contributed by atoms with Crippen LogP contribution in [-0.4, -0.2) is 43.2 Å². The number of nitrogens with one attached hydrogen (secondary N) is 3. The molecule has 0 aromatic heterocycles. The minimum Gasteiger partial charge on any atom is -0.495 e. The zero-order valence-corrected chi connectivity index (χ0v) is 18.8. The van der Waals surface area contributed by atoms with Crippen LogP contribution < -0.4 is 20.7 Å². The summed E-state index contributed by atoms with van der Waals surface area (Å²) in [7, 11) is 1.51. The molecule has 1 atom stereocenters. The highest BCUT2D eigenvalue weighted by Gasteiger charge is 2.51. The quantitative estimate of drug-likeness (QED) is 0.535. The number of benzene rings is 1. The predicted molar refractivity (Wildman–Crippen MR) is 119 cm³/mol. The first-order valence-corrected chi connectivity index (χ1v) is 11.5. The van der Waals surface area contributed by atoms with E-state index in [1.54, 1.807) is 24.3 Å². The lowest BCUT2D eigenvalue weighted by Crippen LogP contribution is -2.61. The van der Waals surface area contributed by atoms with Crippen molar-refractivity contribution in [2.24, 2.45) is 17.8 Å². The molecule has 1 unspecified atom stereocenters. The van der Waals surface area contributed by atoms with E-state index < -0.39 is 18.0 Å². The number of urea groups is 1. The minimum atomic E-state index is -0.965. The largest absolute Gasteiger partial charge is 0.495 e. The molecular formula is C24H33N3O5. The van der Waals surface area contributed by atoms with Crippen LogP contribution >= 0.6 is 0 Å². The molecule has 4 saturated carbocycles. The molecule has 174 valence electrons. The topological polar surface area (TPSA) is 106 Å². The number of para-hydroxylation sites is 2. The second-order valence-electron chi connectivity index (χ2n) is 9.65. The van der Waals surface area contributed by atoms with Crippen molar-refractivity contribution in [2.75, 3.05) is 19.0 Å². The predicted octanol–water partition coefficient (Wildman–Crippen LogP) is 3.22. The number of hydrogen-bond acceptors (Lipinski definition) is 5. The number of carbonyl (C=O) groups is 3. The van der Waals surface area contributed by atoms with Gasteiger partial charge in [-0.15, -0.1) is 0 Å². The van der Waals surface area contributed by atoms with Gasteiger partial charge in [-0.1, -0.05) is 12.1 Å². The molecule has 0 radical (unpaired) electrons. The Labute approximate surface area is 188 Å². The van der Waals surface area contributed by atoms with E-state index in [-0.39, 0.29) is 24.5 Å². The van der Waals surface area contributed by atoms with E-state index in [0.29, 0.717) is 11.4 Å². The fraction of sp³-hybridized carbons (Fsp3) is 0.625. The second kappa shape index (κ2) is 9.38. The number of esters is 1. The summed E-state index contributed by atoms with van der Waals surface area (Å²) >= 11 is 0. The van der Waals surface area contributed by atoms with Crippen molar-refractivity contribution in [1.82, 2.24) is 10.6 Å². The molecular weight excluding hydrogens is 410 g/mol. The van der Waals surface area contributed by atoms with E-state index in [1.165, 1.54) is 33.3 Å². The Hall–Kier alpha value is -2.77. The summed E-state index contributed by atoms with van der Waals surface area (Å²) in [5.41, 5.74) is 0.440. The van der Waals surface area contributed by atoms with E-state index >= 15 is 0 Å². The van der Waals surface area contributed by atoms with Crippen LogP contribution in [0.5, 0.6) is 5.75 Å². The normalized spacial score (nSPS) is 28.5. The molecule has 5 rings (SSSR count). The van der Waals surface area contributed by atoms with Gasteiger partial charge in [0, 0.05) is 12.1 Å². The Balaban J connectivity index is 1.17. The van der Waals surface area contributed by atoms with Gasteiger partial charge in [0.2, 0.25) is 0 Å². The number of hydrogen-bond donors (Lipinski definition) is 3. The maximum absolute atomic E-state index is 12.5. The number of carbonyl (C=O) groups excluding carboxylic acids is 3. The van der Waals surface area contributed by atoms with E-state index in [2.05, 4.69) is 16.0 Å². The number of ether oxygens (including phenoxy) is 2. The molecule has 4 aliphatic carbocycles. The maximum Gasteiger partial charge on any atom is 0.315 e. The molecule has 1 aromatic rings. The van der Waals surface area contributed by atoms with Gasteiger partial charge in [0.25, 0.3) is 5.91 Å². The lowest BCUT2D eigenvalue weighted by Gasteiger charge is -2.56. The highest BCUT2D eigenvalue weighted by molar-refractivity contribution is 5.96. The van der Waals surface area contributed by atoms with Crippen molar-refractivity contribution in [1.29, 1.82) is 0 Å². The molecule has 3 N–H and O–H groups in total. The summed E-state index contributed by atoms with van der Waals surface area (Å²) in [5, 5.41) is 8.69. The lowest BCUT2D eigenvalue weighted by atomic mass is 9.53. The molecule has 0 spiro atoms. The average molecular weight is 444 g/mol. The summed E-state index contributed by atoms with van der Waals surface area (Å²) in [6.45, 7) is 1.67. The van der Waals surface area contributed by atoms with Gasteiger partial charge >= 0.3 is 12.0 Å². The lowest BCUT2D eigenvalue weighted by molar-refractivity contribution is -0.153. The van der Waals surface area contributed by atoms with Crippen molar-refractivity contribution in [3.8, 4) is 5.75 Å². The van der Waals surface area contributed by atoms with Crippen LogP contribution in [0.4, 0.5) is 10.5 Å². The molecule has 1 aromatic carbocycles. The monoisotopic (exact) mass is 443 g/mol. The average Bonchev–Trinajstić information content (AvgIpc) is 2.72. The fourth-order valence-corrected chi connectivity index (χ4v) is 6.12. The van der Waals surface area contributed by atoms with E-state index in [9.17, 15) is 14.4 Å². The number of anilines is 1. The first-order chi connectivity index (χ1) is 15.4. The number of rotatable bonds is 8. The molecule has 4 fully saturated rings. The van der Waals surface area contributed by atoms with Gasteiger partial charge < -0.3 is 25.4 Å². The van der Waals surface area contributed by atoms with Gasteiger partial charge in [0.05, 0.1) is 19.2 Å². The van der Waals surface area contributed by atoms with Crippen molar-refractivity contribution in [3.63, 3.8) is 0 Å². The molecule has 32 heavy (non-hydrogen) atoms. The summed E-state index contributed by atoms with van der Waals surface area (Å²) in [4.78, 5) is 36.9. The Morgan fingerprint density at radius 1 is 1.06 bits per heavy atom. The molecule has 3 amide bonds. The Kier molecular flexibility index (Phi) is 6.58. The molecule has 0 heterocycles. The van der Waals surface area contributed by atoms with Crippen molar-refractivity contribution in [3.05, 3.63) is 24.3 Å². The number of amides is 3. The molecule has 0 aliphatic heterocycles. The van der Waals surface area contributed by atoms with Crippen LogP contribution in [0.2, 0.25) is 0 Å². The molecule has 0 saturated heterocycles. The van der Waals surface area contributed by atoms with Gasteiger partial charge in [-0.25, -0.2) is 4.79 Å². The first kappa shape index (κ1) is 22.4. The summed E-state index contributed by atoms with van der Waals surface area (Å²) in [5.74, 6) is 1.78. The first-order valence-electron chi connectivity index (χ1n) is 11.5. The zero-order chi connectivity index (χ0) is 22.7. The second-order valence-corrected chi connectivity index (χ2v) is 9.65. The third kappa shape index (κ3) is 5.16. The van der Waals surface area contributed by atoms with E-state index in [4.69, 9.17) is 9.47 Å². The Bertz CT molecular complexity index is 836. The van der Waals surface area contributed by atoms with Crippen LogP contribution in [0.1, 0.15) is 51.9 Å². The van der Waals surface area contributed by atoms with Gasteiger partial charge in [-0.05, 0) is 75.3 Å². The Morgan fingerprint density at radius 3 is 2.31 bits per heavy atom. The molecule has 8 nitrogen and oxygen atoms in total. The third-order valence-corrected chi connectivity index (χ3v) is 7.07. The molecule has 8 heteroatoms. The van der Waals surface area contributed by atoms with Crippen molar-refractivity contribution >= 4 is 23.6 Å². The van der Waals surface area contributed by atoms with Gasteiger partial charge in [-0.3, -0.25) is 9.59 Å². The Morgan fingerprint density at radius 2 is 1.69 bits per heavy atom. The van der Waals surface area contributed by atoms with Crippen LogP contribution in [0.3, 0.4) is 0 Å². The van der Waals surface area contributed by atoms with Crippen LogP contribution in [0, 0.1) is 17.8 Å². The standard InChI is InChI=1S/C24H33N3O5/c1-15(22(29)26-19-5-3-4-6-20(19)31-2)32-21(28)7-8-25-23(30)27-24-12-16-9-17(13-24)11-18(10-16)14-24/h3-6,15-18H,7-14H2,1-2H3,(H,26,29)(H2,25,27,30). The van der Waals surface area contributed by atoms with Crippen molar-refractivity contribution < 1.29 is 23.9 Å². The van der Waals surface area contributed by atoms with Crippen LogP contribution in [0.15, 0.2) is 24.3 Å². The number of methoxy groups -OCH3 is 1. The zero-order valence-electron chi connectivity index (χ0n) is 18.8. The maximum atomic E-state index is 12.5. The highest BCUT2D eigenvalue weighted by atomic mass is 16.5. The van der Waals surface area contributed by atoms with E-state index in [1.807, 2.05) is 0 Å².